The number of carbonyl (C=O) groups excluding carboxylic acids is 3. The second-order valence-electron chi connectivity index (χ2n) is 7.94. The van der Waals surface area contributed by atoms with Gasteiger partial charge in [-0.15, -0.1) is 0 Å². The van der Waals surface area contributed by atoms with Gasteiger partial charge in [0, 0.05) is 32.7 Å². The van der Waals surface area contributed by atoms with Crippen LogP contribution in [0.3, 0.4) is 0 Å². The Balaban J connectivity index is -0.000000320. The van der Waals surface area contributed by atoms with E-state index in [4.69, 9.17) is 0 Å². The smallest absolute Gasteiger partial charge is 0.305 e. The van der Waals surface area contributed by atoms with Crippen LogP contribution in [0.4, 0.5) is 0 Å². The Morgan fingerprint density at radius 1 is 0.778 bits per heavy atom. The molecule has 0 unspecified atom stereocenters. The van der Waals surface area contributed by atoms with Crippen LogP contribution < -0.4 is 5.32 Å². The molecule has 0 saturated heterocycles. The van der Waals surface area contributed by atoms with Crippen molar-refractivity contribution in [1.29, 1.82) is 0 Å². The molecule has 0 fully saturated rings. The molecular weight excluding hydrogens is 342 g/mol. The highest BCUT2D eigenvalue weighted by molar-refractivity contribution is 5.77. The number of esters is 1. The monoisotopic (exact) mass is 387 g/mol. The number of ether oxygens (including phenoxy) is 1. The Hall–Kier alpha value is -1.39. The first-order valence-corrected chi connectivity index (χ1v) is 10.3. The van der Waals surface area contributed by atoms with E-state index in [1.807, 2.05) is 6.92 Å². The number of hydrogen-bond donors (Lipinski definition) is 1. The van der Waals surface area contributed by atoms with Crippen LogP contribution in [0.1, 0.15) is 93.4 Å². The van der Waals surface area contributed by atoms with Crippen molar-refractivity contribution in [2.75, 3.05) is 14.2 Å². The Kier molecular flexibility index (Phi) is 23.5. The van der Waals surface area contributed by atoms with Crippen molar-refractivity contribution in [2.24, 2.45) is 17.8 Å². The summed E-state index contributed by atoms with van der Waals surface area (Å²) in [4.78, 5) is 31.8. The number of ketones is 1. The van der Waals surface area contributed by atoms with E-state index in [1.54, 1.807) is 7.05 Å². The highest BCUT2D eigenvalue weighted by atomic mass is 16.5. The first-order chi connectivity index (χ1) is 12.5. The maximum absolute atomic E-state index is 10.7. The average molecular weight is 388 g/mol. The van der Waals surface area contributed by atoms with Crippen LogP contribution in [0.2, 0.25) is 0 Å². The van der Waals surface area contributed by atoms with Gasteiger partial charge < -0.3 is 10.1 Å². The highest BCUT2D eigenvalue weighted by Gasteiger charge is 2.01. The Morgan fingerprint density at radius 3 is 1.52 bits per heavy atom. The summed E-state index contributed by atoms with van der Waals surface area (Å²) in [6, 6.07) is 0. The van der Waals surface area contributed by atoms with E-state index < -0.39 is 0 Å². The number of Topliss-reactive ketones (excluding diaryl/α,β-unsaturated/α-hetero) is 1. The van der Waals surface area contributed by atoms with E-state index >= 15 is 0 Å². The molecule has 0 aliphatic carbocycles. The summed E-state index contributed by atoms with van der Waals surface area (Å²) in [6.45, 7) is 14.6. The molecule has 0 saturated carbocycles. The lowest BCUT2D eigenvalue weighted by Gasteiger charge is -2.01. The fourth-order valence-electron chi connectivity index (χ4n) is 1.68. The second-order valence-corrected chi connectivity index (χ2v) is 7.94. The number of amides is 1. The zero-order valence-corrected chi connectivity index (χ0v) is 19.3. The maximum Gasteiger partial charge on any atom is 0.305 e. The lowest BCUT2D eigenvalue weighted by Crippen LogP contribution is -2.17. The number of hydrogen-bond acceptors (Lipinski definition) is 4. The van der Waals surface area contributed by atoms with Gasteiger partial charge in [-0.3, -0.25) is 14.4 Å². The topological polar surface area (TPSA) is 72.5 Å². The van der Waals surface area contributed by atoms with Crippen LogP contribution >= 0.6 is 0 Å². The molecule has 0 aliphatic rings. The summed E-state index contributed by atoms with van der Waals surface area (Å²) < 4.78 is 4.46. The summed E-state index contributed by atoms with van der Waals surface area (Å²) in [6.07, 6.45) is 5.64. The van der Waals surface area contributed by atoms with E-state index in [-0.39, 0.29) is 11.9 Å². The number of carbonyl (C=O) groups is 3. The molecule has 0 spiro atoms. The molecule has 0 aromatic carbocycles. The van der Waals surface area contributed by atoms with Crippen molar-refractivity contribution < 1.29 is 19.1 Å². The Labute approximate surface area is 168 Å². The van der Waals surface area contributed by atoms with Crippen LogP contribution in [0, 0.1) is 17.8 Å². The normalized spacial score (nSPS) is 9.93. The third kappa shape index (κ3) is 32.7. The molecule has 0 radical (unpaired) electrons. The minimum Gasteiger partial charge on any atom is -0.469 e. The molecule has 5 nitrogen and oxygen atoms in total. The van der Waals surface area contributed by atoms with Gasteiger partial charge in [0.15, 0.2) is 0 Å². The van der Waals surface area contributed by atoms with E-state index in [0.717, 1.165) is 25.7 Å². The zero-order valence-electron chi connectivity index (χ0n) is 19.3. The van der Waals surface area contributed by atoms with Gasteiger partial charge in [0.05, 0.1) is 7.11 Å². The molecule has 0 aromatic rings. The molecular formula is C22H45NO4. The summed E-state index contributed by atoms with van der Waals surface area (Å²) in [5.74, 6) is 2.31. The van der Waals surface area contributed by atoms with E-state index in [9.17, 15) is 14.4 Å². The molecule has 0 rings (SSSR count). The van der Waals surface area contributed by atoms with E-state index in [1.165, 1.54) is 7.11 Å². The van der Waals surface area contributed by atoms with Crippen LogP contribution in [0.15, 0.2) is 0 Å². The van der Waals surface area contributed by atoms with Gasteiger partial charge in [-0.05, 0) is 37.0 Å². The molecule has 5 heteroatoms. The quantitative estimate of drug-likeness (QED) is 0.525. The van der Waals surface area contributed by atoms with E-state index in [2.05, 4.69) is 51.6 Å². The van der Waals surface area contributed by atoms with Crippen molar-refractivity contribution in [2.45, 2.75) is 93.4 Å². The first-order valence-electron chi connectivity index (χ1n) is 10.3. The molecule has 0 aromatic heterocycles. The largest absolute Gasteiger partial charge is 0.469 e. The second kappa shape index (κ2) is 20.9. The van der Waals surface area contributed by atoms with Gasteiger partial charge >= 0.3 is 5.97 Å². The number of rotatable bonds is 10. The number of methoxy groups -OCH3 is 1. The molecule has 0 atom stereocenters. The summed E-state index contributed by atoms with van der Waals surface area (Å²) in [5, 5.41) is 2.58. The molecule has 1 amide bonds. The fraction of sp³-hybridized carbons (Fsp3) is 0.864. The van der Waals surface area contributed by atoms with Gasteiger partial charge in [-0.2, -0.15) is 0 Å². The molecule has 0 bridgehead atoms. The Morgan fingerprint density at radius 2 is 1.19 bits per heavy atom. The van der Waals surface area contributed by atoms with Gasteiger partial charge in [-0.1, -0.05) is 48.5 Å². The Bertz CT molecular complexity index is 319. The molecule has 162 valence electrons. The third-order valence-corrected chi connectivity index (χ3v) is 3.78. The lowest BCUT2D eigenvalue weighted by molar-refractivity contribution is -0.140. The number of nitrogens with one attached hydrogen (secondary N) is 1. The van der Waals surface area contributed by atoms with Crippen molar-refractivity contribution in [3.05, 3.63) is 0 Å². The van der Waals surface area contributed by atoms with Gasteiger partial charge in [0.2, 0.25) is 5.91 Å². The van der Waals surface area contributed by atoms with E-state index in [0.29, 0.717) is 42.8 Å². The maximum atomic E-state index is 10.7. The van der Waals surface area contributed by atoms with Crippen LogP contribution in [0.5, 0.6) is 0 Å². The third-order valence-electron chi connectivity index (χ3n) is 3.78. The molecule has 0 heterocycles. The summed E-state index contributed by atoms with van der Waals surface area (Å²) in [5.41, 5.74) is 0. The fourth-order valence-corrected chi connectivity index (χ4v) is 1.68. The summed E-state index contributed by atoms with van der Waals surface area (Å²) in [7, 11) is 3.09. The highest BCUT2D eigenvalue weighted by Crippen LogP contribution is 2.05. The molecule has 27 heavy (non-hydrogen) atoms. The lowest BCUT2D eigenvalue weighted by atomic mass is 10.1. The first kappa shape index (κ1) is 30.3. The minimum atomic E-state index is -0.108. The van der Waals surface area contributed by atoms with Gasteiger partial charge in [0.25, 0.3) is 0 Å². The van der Waals surface area contributed by atoms with Crippen LogP contribution in [-0.4, -0.2) is 31.8 Å². The van der Waals surface area contributed by atoms with Crippen molar-refractivity contribution in [1.82, 2.24) is 5.32 Å². The SMILES string of the molecule is CCC(=O)CCC(C)C.CNC(=O)CCC(C)C.COC(=O)CCC(C)C. The minimum absolute atomic E-state index is 0.108. The standard InChI is InChI=1S/C8H16O.C7H15NO.C7H14O2/c1-4-8(9)6-5-7(2)3;1-6(2)4-5-7(9)8-3;1-6(2)4-5-7(8)9-3/h7H,4-6H2,1-3H3;6H,4-5H2,1-3H3,(H,8,9);6H,4-5H2,1-3H3. The average Bonchev–Trinajstić information content (AvgIpc) is 2.62. The van der Waals surface area contributed by atoms with Crippen molar-refractivity contribution in [3.8, 4) is 0 Å². The predicted molar refractivity (Wildman–Crippen MR) is 114 cm³/mol. The van der Waals surface area contributed by atoms with Crippen molar-refractivity contribution in [3.63, 3.8) is 0 Å². The van der Waals surface area contributed by atoms with Gasteiger partial charge in [-0.25, -0.2) is 0 Å². The molecule has 0 aliphatic heterocycles. The van der Waals surface area contributed by atoms with Gasteiger partial charge in [0.1, 0.15) is 5.78 Å². The molecule has 1 N–H and O–H groups in total. The van der Waals surface area contributed by atoms with Crippen molar-refractivity contribution >= 4 is 17.7 Å². The van der Waals surface area contributed by atoms with Crippen LogP contribution in [-0.2, 0) is 19.1 Å². The zero-order chi connectivity index (χ0) is 21.8. The predicted octanol–water partition coefficient (Wildman–Crippen LogP) is 5.17. The summed E-state index contributed by atoms with van der Waals surface area (Å²) >= 11 is 0. The van der Waals surface area contributed by atoms with Crippen LogP contribution in [0.25, 0.3) is 0 Å².